The van der Waals surface area contributed by atoms with Crippen LogP contribution < -0.4 is 14.5 Å². The normalized spacial score (nSPS) is 14.2. The molecule has 32 heavy (non-hydrogen) atoms. The number of hydrogen-bond donors (Lipinski definition) is 0. The third-order valence-corrected chi connectivity index (χ3v) is 5.08. The predicted octanol–water partition coefficient (Wildman–Crippen LogP) is 6.50. The monoisotopic (exact) mass is 488 g/mol. The second-order valence-electron chi connectivity index (χ2n) is 6.83. The number of halogens is 9. The Morgan fingerprint density at radius 2 is 1.69 bits per heavy atom. The van der Waals surface area contributed by atoms with Gasteiger partial charge in [-0.1, -0.05) is 11.6 Å². The Morgan fingerprint density at radius 1 is 1.06 bits per heavy atom. The van der Waals surface area contributed by atoms with E-state index in [0.717, 1.165) is 19.2 Å². The number of alkyl halides is 6. The highest BCUT2D eigenvalue weighted by molar-refractivity contribution is 6.31. The van der Waals surface area contributed by atoms with E-state index in [9.17, 15) is 39.9 Å². The van der Waals surface area contributed by atoms with Gasteiger partial charge in [-0.05, 0) is 30.7 Å². The maximum absolute atomic E-state index is 14.2. The quantitative estimate of drug-likeness (QED) is 0.365. The third kappa shape index (κ3) is 4.54. The van der Waals surface area contributed by atoms with Crippen molar-refractivity contribution in [1.82, 2.24) is 0 Å². The highest BCUT2D eigenvalue weighted by atomic mass is 35.5. The van der Waals surface area contributed by atoms with Crippen LogP contribution in [0.4, 0.5) is 51.3 Å². The number of ether oxygens (including phenoxy) is 1. The number of benzene rings is 2. The lowest BCUT2D eigenvalue weighted by Gasteiger charge is -2.35. The summed E-state index contributed by atoms with van der Waals surface area (Å²) in [4.78, 5) is 14.1. The Morgan fingerprint density at radius 3 is 2.19 bits per heavy atom. The van der Waals surface area contributed by atoms with Crippen LogP contribution in [0.2, 0.25) is 5.02 Å². The molecule has 0 unspecified atom stereocenters. The molecule has 3 rings (SSSR count). The predicted molar refractivity (Wildman–Crippen MR) is 99.1 cm³/mol. The van der Waals surface area contributed by atoms with Gasteiger partial charge in [-0.25, -0.2) is 13.6 Å². The van der Waals surface area contributed by atoms with Crippen LogP contribution in [0.1, 0.15) is 17.5 Å². The second kappa shape index (κ2) is 8.30. The molecule has 174 valence electrons. The highest BCUT2D eigenvalue weighted by Crippen LogP contribution is 2.47. The van der Waals surface area contributed by atoms with E-state index in [1.54, 1.807) is 0 Å². The van der Waals surface area contributed by atoms with Crippen molar-refractivity contribution in [2.75, 3.05) is 29.9 Å². The summed E-state index contributed by atoms with van der Waals surface area (Å²) in [5.74, 6) is -3.68. The minimum Gasteiger partial charge on any atom is -0.407 e. The lowest BCUT2D eigenvalue weighted by Crippen LogP contribution is -2.38. The van der Waals surface area contributed by atoms with Crippen LogP contribution in [0.25, 0.3) is 0 Å². The summed E-state index contributed by atoms with van der Waals surface area (Å²) in [5, 5.41) is -0.964. The molecule has 2 aromatic carbocycles. The number of carbonyl (C=O) groups excluding carboxylic acids is 1. The summed E-state index contributed by atoms with van der Waals surface area (Å²) in [6.45, 7) is 0.280. The van der Waals surface area contributed by atoms with Crippen LogP contribution in [0.15, 0.2) is 24.3 Å². The molecule has 4 nitrogen and oxygen atoms in total. The topological polar surface area (TPSA) is 32.8 Å². The number of nitrogens with zero attached hydrogens (tertiary/aromatic N) is 2. The van der Waals surface area contributed by atoms with E-state index in [-0.39, 0.29) is 19.2 Å². The van der Waals surface area contributed by atoms with Crippen molar-refractivity contribution in [2.24, 2.45) is 0 Å². The molecule has 0 N–H and O–H groups in total. The molecule has 13 heteroatoms. The zero-order valence-corrected chi connectivity index (χ0v) is 16.8. The van der Waals surface area contributed by atoms with Crippen LogP contribution >= 0.6 is 11.6 Å². The molecule has 0 radical (unpaired) electrons. The maximum Gasteiger partial charge on any atom is 0.420 e. The van der Waals surface area contributed by atoms with Gasteiger partial charge in [0.2, 0.25) is 0 Å². The standard InChI is InChI=1S/C19H13ClF8N2O2/c1-29(12-4-3-11(21)14(20)15(12)22)17(31)32-16-10(19(26,27)28)7-9(18(23,24)25)8-13(16)30-5-2-6-30/h3-4,7-8H,2,5-6H2,1H3. The largest absolute Gasteiger partial charge is 0.420 e. The first-order chi connectivity index (χ1) is 14.7. The number of anilines is 2. The fourth-order valence-electron chi connectivity index (χ4n) is 2.92. The Kier molecular flexibility index (Phi) is 6.20. The van der Waals surface area contributed by atoms with Crippen molar-refractivity contribution < 1.29 is 44.7 Å². The highest BCUT2D eigenvalue weighted by Gasteiger charge is 2.42. The molecule has 1 aliphatic rings. The summed E-state index contributed by atoms with van der Waals surface area (Å²) in [6, 6.07) is 1.80. The summed E-state index contributed by atoms with van der Waals surface area (Å²) in [6.07, 6.45) is -11.4. The number of carbonyl (C=O) groups is 1. The van der Waals surface area contributed by atoms with E-state index in [4.69, 9.17) is 16.3 Å². The van der Waals surface area contributed by atoms with Gasteiger partial charge in [-0.15, -0.1) is 0 Å². The molecule has 0 aliphatic carbocycles. The minimum atomic E-state index is -5.31. The molecule has 0 bridgehead atoms. The van der Waals surface area contributed by atoms with Crippen molar-refractivity contribution in [3.63, 3.8) is 0 Å². The fourth-order valence-corrected chi connectivity index (χ4v) is 3.08. The van der Waals surface area contributed by atoms with Gasteiger partial charge in [0.05, 0.1) is 16.9 Å². The van der Waals surface area contributed by atoms with Crippen LogP contribution in [-0.2, 0) is 12.4 Å². The SMILES string of the molecule is CN(C(=O)Oc1c(N2CCC2)cc(C(F)(F)F)cc1C(F)(F)F)c1ccc(F)c(Cl)c1F. The molecule has 0 spiro atoms. The van der Waals surface area contributed by atoms with E-state index in [2.05, 4.69) is 0 Å². The van der Waals surface area contributed by atoms with E-state index in [0.29, 0.717) is 17.4 Å². The van der Waals surface area contributed by atoms with Gasteiger partial charge in [-0.3, -0.25) is 4.90 Å². The molecule has 2 aromatic rings. The third-order valence-electron chi connectivity index (χ3n) is 4.74. The average Bonchev–Trinajstić information content (AvgIpc) is 2.63. The molecule has 1 amide bonds. The van der Waals surface area contributed by atoms with Crippen molar-refractivity contribution in [3.05, 3.63) is 52.0 Å². The maximum atomic E-state index is 14.2. The van der Waals surface area contributed by atoms with Crippen molar-refractivity contribution in [2.45, 2.75) is 18.8 Å². The first-order valence-electron chi connectivity index (χ1n) is 8.88. The fraction of sp³-hybridized carbons (Fsp3) is 0.316. The van der Waals surface area contributed by atoms with Crippen molar-refractivity contribution in [3.8, 4) is 5.75 Å². The minimum absolute atomic E-state index is 0.140. The first kappa shape index (κ1) is 23.9. The van der Waals surface area contributed by atoms with Gasteiger partial charge in [0.1, 0.15) is 16.4 Å². The van der Waals surface area contributed by atoms with Crippen LogP contribution in [-0.4, -0.2) is 26.2 Å². The molecule has 1 aliphatic heterocycles. The lowest BCUT2D eigenvalue weighted by atomic mass is 10.0. The molecule has 1 saturated heterocycles. The van der Waals surface area contributed by atoms with Crippen LogP contribution in [0.3, 0.4) is 0 Å². The summed E-state index contributed by atoms with van der Waals surface area (Å²) in [7, 11) is 0.912. The molecule has 0 saturated carbocycles. The molecular weight excluding hydrogens is 476 g/mol. The molecular formula is C19H13ClF8N2O2. The van der Waals surface area contributed by atoms with Gasteiger partial charge >= 0.3 is 18.4 Å². The summed E-state index contributed by atoms with van der Waals surface area (Å²) in [5.41, 5.74) is -4.60. The van der Waals surface area contributed by atoms with E-state index >= 15 is 0 Å². The first-order valence-corrected chi connectivity index (χ1v) is 9.26. The second-order valence-corrected chi connectivity index (χ2v) is 7.21. The van der Waals surface area contributed by atoms with E-state index in [1.165, 1.54) is 4.90 Å². The Balaban J connectivity index is 2.08. The lowest BCUT2D eigenvalue weighted by molar-refractivity contribution is -0.143. The Hall–Kier alpha value is -2.76. The van der Waals surface area contributed by atoms with Crippen molar-refractivity contribution >= 4 is 29.1 Å². The Bertz CT molecular complexity index is 1050. The molecule has 1 heterocycles. The van der Waals surface area contributed by atoms with Crippen molar-refractivity contribution in [1.29, 1.82) is 0 Å². The smallest absolute Gasteiger partial charge is 0.407 e. The van der Waals surface area contributed by atoms with Gasteiger partial charge in [-0.2, -0.15) is 26.3 Å². The number of hydrogen-bond acceptors (Lipinski definition) is 3. The molecule has 0 aromatic heterocycles. The zero-order chi connectivity index (χ0) is 24.0. The van der Waals surface area contributed by atoms with E-state index in [1.807, 2.05) is 0 Å². The Labute approximate surface area is 180 Å². The van der Waals surface area contributed by atoms with Gasteiger partial charge in [0, 0.05) is 20.1 Å². The summed E-state index contributed by atoms with van der Waals surface area (Å²) >= 11 is 5.44. The van der Waals surface area contributed by atoms with Crippen LogP contribution in [0.5, 0.6) is 5.75 Å². The number of rotatable bonds is 3. The zero-order valence-electron chi connectivity index (χ0n) is 16.0. The average molecular weight is 489 g/mol. The van der Waals surface area contributed by atoms with E-state index < -0.39 is 63.4 Å². The summed E-state index contributed by atoms with van der Waals surface area (Å²) < 4.78 is 113. The van der Waals surface area contributed by atoms with Gasteiger partial charge in [0.15, 0.2) is 11.6 Å². The number of amides is 1. The van der Waals surface area contributed by atoms with Crippen LogP contribution in [0, 0.1) is 11.6 Å². The molecule has 1 fully saturated rings. The molecule has 0 atom stereocenters. The van der Waals surface area contributed by atoms with Gasteiger partial charge < -0.3 is 9.64 Å². The van der Waals surface area contributed by atoms with Gasteiger partial charge in [0.25, 0.3) is 0 Å².